The van der Waals surface area contributed by atoms with E-state index in [1.165, 1.54) is 0 Å². The van der Waals surface area contributed by atoms with E-state index in [2.05, 4.69) is 6.92 Å². The molecule has 3 heteroatoms. The average Bonchev–Trinajstić information content (AvgIpc) is 2.47. The molecule has 104 valence electrons. The van der Waals surface area contributed by atoms with Crippen LogP contribution in [0.3, 0.4) is 0 Å². The Morgan fingerprint density at radius 3 is 2.50 bits per heavy atom. The third-order valence-corrected chi connectivity index (χ3v) is 3.21. The van der Waals surface area contributed by atoms with Crippen molar-refractivity contribution in [3.05, 3.63) is 64.7 Å². The number of hydrogen-bond donors (Lipinski definition) is 0. The molecule has 0 aromatic heterocycles. The van der Waals surface area contributed by atoms with Gasteiger partial charge >= 0.3 is 0 Å². The Hall–Kier alpha value is -1.80. The van der Waals surface area contributed by atoms with Crippen molar-refractivity contribution in [2.75, 3.05) is 6.61 Å². The largest absolute Gasteiger partial charge is 0.494 e. The summed E-state index contributed by atoms with van der Waals surface area (Å²) >= 11 is 5.90. The second-order valence-corrected chi connectivity index (χ2v) is 5.00. The predicted molar refractivity (Wildman–Crippen MR) is 81.7 cm³/mol. The van der Waals surface area contributed by atoms with Crippen LogP contribution < -0.4 is 4.74 Å². The zero-order valence-corrected chi connectivity index (χ0v) is 12.2. The van der Waals surface area contributed by atoms with Gasteiger partial charge in [-0.1, -0.05) is 37.1 Å². The zero-order chi connectivity index (χ0) is 14.4. The fraction of sp³-hybridized carbons (Fsp3) is 0.235. The Labute approximate surface area is 124 Å². The highest BCUT2D eigenvalue weighted by molar-refractivity contribution is 6.31. The van der Waals surface area contributed by atoms with E-state index < -0.39 is 0 Å². The third kappa shape index (κ3) is 3.84. The first-order chi connectivity index (χ1) is 9.70. The molecule has 2 aromatic rings. The maximum Gasteiger partial charge on any atom is 0.193 e. The minimum absolute atomic E-state index is 0.0346. The lowest BCUT2D eigenvalue weighted by Crippen LogP contribution is -2.01. The standard InChI is InChI=1S/C17H17ClO2/c1-2-3-11-20-16-9-7-13(8-10-16)17(19)14-5-4-6-15(18)12-14/h4-10,12H,2-3,11H2,1H3. The van der Waals surface area contributed by atoms with Crippen molar-refractivity contribution >= 4 is 17.4 Å². The van der Waals surface area contributed by atoms with E-state index in [0.717, 1.165) is 18.6 Å². The van der Waals surface area contributed by atoms with Crippen LogP contribution in [0.25, 0.3) is 0 Å². The fourth-order valence-corrected chi connectivity index (χ4v) is 2.02. The summed E-state index contributed by atoms with van der Waals surface area (Å²) in [6, 6.07) is 14.2. The van der Waals surface area contributed by atoms with Crippen molar-refractivity contribution in [2.45, 2.75) is 19.8 Å². The lowest BCUT2D eigenvalue weighted by molar-refractivity contribution is 0.103. The molecule has 0 amide bonds. The van der Waals surface area contributed by atoms with Gasteiger partial charge in [-0.2, -0.15) is 0 Å². The molecule has 2 aromatic carbocycles. The van der Waals surface area contributed by atoms with E-state index in [1.807, 2.05) is 12.1 Å². The van der Waals surface area contributed by atoms with Gasteiger partial charge in [-0.3, -0.25) is 4.79 Å². The molecule has 0 bridgehead atoms. The minimum Gasteiger partial charge on any atom is -0.494 e. The molecule has 0 fully saturated rings. The maximum atomic E-state index is 12.3. The number of carbonyl (C=O) groups excluding carboxylic acids is 1. The summed E-state index contributed by atoms with van der Waals surface area (Å²) in [5.74, 6) is 0.758. The first-order valence-corrected chi connectivity index (χ1v) is 7.11. The van der Waals surface area contributed by atoms with Crippen LogP contribution in [0.4, 0.5) is 0 Å². The van der Waals surface area contributed by atoms with Crippen molar-refractivity contribution in [1.29, 1.82) is 0 Å². The predicted octanol–water partition coefficient (Wildman–Crippen LogP) is 4.75. The smallest absolute Gasteiger partial charge is 0.193 e. The Morgan fingerprint density at radius 2 is 1.85 bits per heavy atom. The number of ketones is 1. The van der Waals surface area contributed by atoms with E-state index in [4.69, 9.17) is 16.3 Å². The molecule has 0 heterocycles. The van der Waals surface area contributed by atoms with Gasteiger partial charge in [-0.25, -0.2) is 0 Å². The summed E-state index contributed by atoms with van der Waals surface area (Å²) in [6.07, 6.45) is 2.13. The minimum atomic E-state index is -0.0346. The van der Waals surface area contributed by atoms with Crippen LogP contribution in [-0.2, 0) is 0 Å². The molecule has 0 N–H and O–H groups in total. The summed E-state index contributed by atoms with van der Waals surface area (Å²) in [4.78, 5) is 12.3. The van der Waals surface area contributed by atoms with Crippen LogP contribution >= 0.6 is 11.6 Å². The second kappa shape index (κ2) is 7.11. The molecular formula is C17H17ClO2. The molecule has 0 spiro atoms. The number of benzene rings is 2. The number of ether oxygens (including phenoxy) is 1. The van der Waals surface area contributed by atoms with Gasteiger partial charge in [0.15, 0.2) is 5.78 Å². The molecule has 0 aliphatic rings. The van der Waals surface area contributed by atoms with Crippen molar-refractivity contribution in [1.82, 2.24) is 0 Å². The van der Waals surface area contributed by atoms with E-state index in [0.29, 0.717) is 22.8 Å². The molecule has 2 rings (SSSR count). The Bertz CT molecular complexity index is 576. The molecular weight excluding hydrogens is 272 g/mol. The van der Waals surface area contributed by atoms with Crippen molar-refractivity contribution < 1.29 is 9.53 Å². The van der Waals surface area contributed by atoms with Gasteiger partial charge in [-0.15, -0.1) is 0 Å². The highest BCUT2D eigenvalue weighted by Gasteiger charge is 2.09. The van der Waals surface area contributed by atoms with Gasteiger partial charge in [-0.05, 0) is 42.8 Å². The lowest BCUT2D eigenvalue weighted by atomic mass is 10.0. The highest BCUT2D eigenvalue weighted by atomic mass is 35.5. The van der Waals surface area contributed by atoms with E-state index in [9.17, 15) is 4.79 Å². The Kier molecular flexibility index (Phi) is 5.19. The van der Waals surface area contributed by atoms with E-state index in [-0.39, 0.29) is 5.78 Å². The van der Waals surface area contributed by atoms with Gasteiger partial charge in [0.1, 0.15) is 5.75 Å². The molecule has 0 aliphatic heterocycles. The summed E-state index contributed by atoms with van der Waals surface area (Å²) in [7, 11) is 0. The Morgan fingerprint density at radius 1 is 1.10 bits per heavy atom. The monoisotopic (exact) mass is 288 g/mol. The van der Waals surface area contributed by atoms with Crippen molar-refractivity contribution in [2.24, 2.45) is 0 Å². The molecule has 0 atom stereocenters. The molecule has 0 unspecified atom stereocenters. The van der Waals surface area contributed by atoms with Crippen LogP contribution in [0.1, 0.15) is 35.7 Å². The van der Waals surface area contributed by atoms with Crippen LogP contribution in [0.5, 0.6) is 5.75 Å². The fourth-order valence-electron chi connectivity index (χ4n) is 1.83. The number of unbranched alkanes of at least 4 members (excludes halogenated alkanes) is 1. The normalized spacial score (nSPS) is 10.3. The van der Waals surface area contributed by atoms with Crippen molar-refractivity contribution in [3.8, 4) is 5.75 Å². The highest BCUT2D eigenvalue weighted by Crippen LogP contribution is 2.18. The number of halogens is 1. The first-order valence-electron chi connectivity index (χ1n) is 6.74. The lowest BCUT2D eigenvalue weighted by Gasteiger charge is -2.06. The SMILES string of the molecule is CCCCOc1ccc(C(=O)c2cccc(Cl)c2)cc1. The first kappa shape index (κ1) is 14.6. The van der Waals surface area contributed by atoms with Gasteiger partial charge in [0.25, 0.3) is 0 Å². The third-order valence-electron chi connectivity index (χ3n) is 2.97. The van der Waals surface area contributed by atoms with Gasteiger partial charge in [0.2, 0.25) is 0 Å². The summed E-state index contributed by atoms with van der Waals surface area (Å²) < 4.78 is 5.57. The molecule has 20 heavy (non-hydrogen) atoms. The van der Waals surface area contributed by atoms with Crippen LogP contribution in [0, 0.1) is 0 Å². The zero-order valence-electron chi connectivity index (χ0n) is 11.4. The van der Waals surface area contributed by atoms with Gasteiger partial charge in [0, 0.05) is 16.1 Å². The summed E-state index contributed by atoms with van der Waals surface area (Å²) in [6.45, 7) is 2.83. The summed E-state index contributed by atoms with van der Waals surface area (Å²) in [5.41, 5.74) is 1.23. The topological polar surface area (TPSA) is 26.3 Å². The second-order valence-electron chi connectivity index (χ2n) is 4.57. The van der Waals surface area contributed by atoms with Crippen LogP contribution in [0.2, 0.25) is 5.02 Å². The molecule has 0 saturated heterocycles. The van der Waals surface area contributed by atoms with Gasteiger partial charge < -0.3 is 4.74 Å². The number of hydrogen-bond acceptors (Lipinski definition) is 2. The van der Waals surface area contributed by atoms with Crippen LogP contribution in [-0.4, -0.2) is 12.4 Å². The van der Waals surface area contributed by atoms with E-state index >= 15 is 0 Å². The summed E-state index contributed by atoms with van der Waals surface area (Å²) in [5, 5.41) is 0.565. The molecule has 0 radical (unpaired) electrons. The Balaban J connectivity index is 2.07. The number of carbonyl (C=O) groups is 1. The maximum absolute atomic E-state index is 12.3. The van der Waals surface area contributed by atoms with Crippen molar-refractivity contribution in [3.63, 3.8) is 0 Å². The molecule has 0 aliphatic carbocycles. The quantitative estimate of drug-likeness (QED) is 0.566. The van der Waals surface area contributed by atoms with E-state index in [1.54, 1.807) is 36.4 Å². The van der Waals surface area contributed by atoms with Gasteiger partial charge in [0.05, 0.1) is 6.61 Å². The number of rotatable bonds is 6. The molecule has 2 nitrogen and oxygen atoms in total. The molecule has 0 saturated carbocycles. The average molecular weight is 289 g/mol. The van der Waals surface area contributed by atoms with Crippen LogP contribution in [0.15, 0.2) is 48.5 Å².